The summed E-state index contributed by atoms with van der Waals surface area (Å²) in [6.45, 7) is 4.28. The van der Waals surface area contributed by atoms with E-state index in [-0.39, 0.29) is 5.91 Å². The second-order valence-corrected chi connectivity index (χ2v) is 8.19. The summed E-state index contributed by atoms with van der Waals surface area (Å²) in [5.41, 5.74) is 4.19. The topological polar surface area (TPSA) is 64.6 Å². The Hall–Kier alpha value is -3.45. The first-order chi connectivity index (χ1) is 15.0. The van der Waals surface area contributed by atoms with Gasteiger partial charge in [0.15, 0.2) is 5.13 Å². The maximum atomic E-state index is 13.7. The number of benzene rings is 2. The van der Waals surface area contributed by atoms with Crippen LogP contribution in [0.15, 0.2) is 54.9 Å². The molecule has 0 aliphatic carbocycles. The molecule has 6 nitrogen and oxygen atoms in total. The molecule has 2 heterocycles. The lowest BCUT2D eigenvalue weighted by atomic mass is 10.0. The monoisotopic (exact) mass is 433 g/mol. The number of aryl methyl sites for hydroxylation is 2. The SMILES string of the molecule is COc1ccc(OC)c2sc(N(Cc3cccnc3)C(=O)c3cc(C)ccc3C)nc12. The first-order valence-electron chi connectivity index (χ1n) is 9.81. The molecule has 0 atom stereocenters. The summed E-state index contributed by atoms with van der Waals surface area (Å²) in [5, 5.41) is 0.576. The summed E-state index contributed by atoms with van der Waals surface area (Å²) in [6, 6.07) is 13.4. The van der Waals surface area contributed by atoms with Gasteiger partial charge in [0.25, 0.3) is 5.91 Å². The van der Waals surface area contributed by atoms with Crippen LogP contribution in [-0.2, 0) is 6.54 Å². The van der Waals surface area contributed by atoms with Gasteiger partial charge < -0.3 is 9.47 Å². The maximum Gasteiger partial charge on any atom is 0.260 e. The predicted molar refractivity (Wildman–Crippen MR) is 123 cm³/mol. The fourth-order valence-corrected chi connectivity index (χ4v) is 4.47. The molecule has 0 bridgehead atoms. The first-order valence-corrected chi connectivity index (χ1v) is 10.6. The van der Waals surface area contributed by atoms with Gasteiger partial charge in [0.05, 0.1) is 20.8 Å². The molecule has 4 rings (SSSR count). The lowest BCUT2D eigenvalue weighted by Gasteiger charge is -2.21. The van der Waals surface area contributed by atoms with Crippen LogP contribution < -0.4 is 14.4 Å². The molecule has 0 spiro atoms. The van der Waals surface area contributed by atoms with E-state index in [1.807, 2.05) is 56.3 Å². The summed E-state index contributed by atoms with van der Waals surface area (Å²) in [5.74, 6) is 1.22. The van der Waals surface area contributed by atoms with E-state index in [4.69, 9.17) is 14.5 Å². The van der Waals surface area contributed by atoms with Gasteiger partial charge >= 0.3 is 0 Å². The Morgan fingerprint density at radius 3 is 2.55 bits per heavy atom. The summed E-state index contributed by atoms with van der Waals surface area (Å²) in [4.78, 5) is 24.4. The van der Waals surface area contributed by atoms with E-state index in [2.05, 4.69) is 4.98 Å². The lowest BCUT2D eigenvalue weighted by Crippen LogP contribution is -2.31. The molecule has 2 aromatic carbocycles. The van der Waals surface area contributed by atoms with Crippen molar-refractivity contribution in [3.8, 4) is 11.5 Å². The van der Waals surface area contributed by atoms with Crippen LogP contribution in [0.25, 0.3) is 10.2 Å². The molecule has 0 fully saturated rings. The molecule has 0 saturated carbocycles. The third-order valence-corrected chi connectivity index (χ3v) is 6.15. The summed E-state index contributed by atoms with van der Waals surface area (Å²) < 4.78 is 11.8. The van der Waals surface area contributed by atoms with Crippen LogP contribution in [-0.4, -0.2) is 30.1 Å². The fourth-order valence-electron chi connectivity index (χ4n) is 3.40. The number of hydrogen-bond donors (Lipinski definition) is 0. The minimum Gasteiger partial charge on any atom is -0.495 e. The molecule has 0 unspecified atom stereocenters. The molecule has 0 N–H and O–H groups in total. The maximum absolute atomic E-state index is 13.7. The van der Waals surface area contributed by atoms with Crippen LogP contribution in [0, 0.1) is 13.8 Å². The van der Waals surface area contributed by atoms with Gasteiger partial charge in [-0.3, -0.25) is 14.7 Å². The normalized spacial score (nSPS) is 10.8. The highest BCUT2D eigenvalue weighted by molar-refractivity contribution is 7.22. The van der Waals surface area contributed by atoms with Gasteiger partial charge in [-0.2, -0.15) is 0 Å². The highest BCUT2D eigenvalue weighted by atomic mass is 32.1. The first kappa shape index (κ1) is 20.8. The largest absolute Gasteiger partial charge is 0.495 e. The average molecular weight is 434 g/mol. The smallest absolute Gasteiger partial charge is 0.260 e. The molecule has 0 aliphatic rings. The van der Waals surface area contributed by atoms with Gasteiger partial charge in [-0.1, -0.05) is 35.1 Å². The molecule has 158 valence electrons. The molecule has 0 radical (unpaired) electrons. The van der Waals surface area contributed by atoms with Crippen LogP contribution in [0.2, 0.25) is 0 Å². The quantitative estimate of drug-likeness (QED) is 0.420. The number of ether oxygens (including phenoxy) is 2. The minimum absolute atomic E-state index is 0.109. The zero-order chi connectivity index (χ0) is 22.0. The molecule has 2 aromatic heterocycles. The molecular weight excluding hydrogens is 410 g/mol. The lowest BCUT2D eigenvalue weighted by molar-refractivity contribution is 0.0984. The summed E-state index contributed by atoms with van der Waals surface area (Å²) >= 11 is 1.41. The highest BCUT2D eigenvalue weighted by Crippen LogP contribution is 2.40. The third kappa shape index (κ3) is 4.09. The van der Waals surface area contributed by atoms with Gasteiger partial charge in [0, 0.05) is 18.0 Å². The second-order valence-electron chi connectivity index (χ2n) is 7.22. The van der Waals surface area contributed by atoms with E-state index < -0.39 is 0 Å². The molecule has 7 heteroatoms. The number of nitrogens with zero attached hydrogens (tertiary/aromatic N) is 3. The summed E-state index contributed by atoms with van der Waals surface area (Å²) in [7, 11) is 3.23. The Bertz CT molecular complexity index is 1200. The fraction of sp³-hybridized carbons (Fsp3) is 0.208. The average Bonchev–Trinajstić information content (AvgIpc) is 3.24. The number of carbonyl (C=O) groups excluding carboxylic acids is 1. The summed E-state index contributed by atoms with van der Waals surface area (Å²) in [6.07, 6.45) is 3.48. The zero-order valence-electron chi connectivity index (χ0n) is 17.9. The number of rotatable bonds is 6. The van der Waals surface area contributed by atoms with Crippen molar-refractivity contribution >= 4 is 32.6 Å². The van der Waals surface area contributed by atoms with Crippen LogP contribution >= 0.6 is 11.3 Å². The molecule has 0 aliphatic heterocycles. The molecule has 1 amide bonds. The van der Waals surface area contributed by atoms with Crippen molar-refractivity contribution in [2.24, 2.45) is 0 Å². The van der Waals surface area contributed by atoms with Gasteiger partial charge in [-0.25, -0.2) is 4.98 Å². The van der Waals surface area contributed by atoms with Crippen molar-refractivity contribution in [3.63, 3.8) is 0 Å². The standard InChI is InChI=1S/C24H23N3O3S/c1-15-7-8-16(2)18(12-15)23(28)27(14-17-6-5-11-25-13-17)24-26-21-19(29-3)9-10-20(30-4)22(21)31-24/h5-13H,14H2,1-4H3. The van der Waals surface area contributed by atoms with Crippen molar-refractivity contribution in [3.05, 3.63) is 77.1 Å². The van der Waals surface area contributed by atoms with Gasteiger partial charge in [-0.15, -0.1) is 0 Å². The Kier molecular flexibility index (Phi) is 5.86. The van der Waals surface area contributed by atoms with Crippen molar-refractivity contribution in [2.45, 2.75) is 20.4 Å². The van der Waals surface area contributed by atoms with Crippen molar-refractivity contribution in [1.82, 2.24) is 9.97 Å². The molecular formula is C24H23N3O3S. The van der Waals surface area contributed by atoms with Gasteiger partial charge in [0.1, 0.15) is 21.7 Å². The van der Waals surface area contributed by atoms with Gasteiger partial charge in [-0.05, 0) is 49.2 Å². The number of amides is 1. The van der Waals surface area contributed by atoms with E-state index in [0.29, 0.717) is 34.3 Å². The Labute approximate surface area is 185 Å². The highest BCUT2D eigenvalue weighted by Gasteiger charge is 2.25. The molecule has 4 aromatic rings. The Morgan fingerprint density at radius 2 is 1.84 bits per heavy atom. The van der Waals surface area contributed by atoms with E-state index in [1.54, 1.807) is 31.5 Å². The van der Waals surface area contributed by atoms with Crippen LogP contribution in [0.1, 0.15) is 27.0 Å². The number of anilines is 1. The molecule has 31 heavy (non-hydrogen) atoms. The third-order valence-electron chi connectivity index (χ3n) is 5.06. The van der Waals surface area contributed by atoms with Gasteiger partial charge in [0.2, 0.25) is 0 Å². The molecule has 0 saturated heterocycles. The number of hydrogen-bond acceptors (Lipinski definition) is 6. The number of methoxy groups -OCH3 is 2. The van der Waals surface area contributed by atoms with E-state index in [0.717, 1.165) is 21.4 Å². The Morgan fingerprint density at radius 1 is 1.06 bits per heavy atom. The minimum atomic E-state index is -0.109. The van der Waals surface area contributed by atoms with E-state index in [1.165, 1.54) is 11.3 Å². The number of thiazole rings is 1. The van der Waals surface area contributed by atoms with E-state index in [9.17, 15) is 4.79 Å². The van der Waals surface area contributed by atoms with Crippen molar-refractivity contribution < 1.29 is 14.3 Å². The predicted octanol–water partition coefficient (Wildman–Crippen LogP) is 5.17. The zero-order valence-corrected chi connectivity index (χ0v) is 18.7. The number of aromatic nitrogens is 2. The Balaban J connectivity index is 1.86. The van der Waals surface area contributed by atoms with Crippen molar-refractivity contribution in [2.75, 3.05) is 19.1 Å². The van der Waals surface area contributed by atoms with Crippen LogP contribution in [0.4, 0.5) is 5.13 Å². The number of carbonyl (C=O) groups is 1. The van der Waals surface area contributed by atoms with Crippen LogP contribution in [0.5, 0.6) is 11.5 Å². The number of pyridine rings is 1. The van der Waals surface area contributed by atoms with Crippen molar-refractivity contribution in [1.29, 1.82) is 0 Å². The number of fused-ring (bicyclic) bond motifs is 1. The van der Waals surface area contributed by atoms with Crippen LogP contribution in [0.3, 0.4) is 0 Å². The second kappa shape index (κ2) is 8.73. The van der Waals surface area contributed by atoms with E-state index >= 15 is 0 Å².